The quantitative estimate of drug-likeness (QED) is 0.627. The third-order valence-electron chi connectivity index (χ3n) is 3.99. The van der Waals surface area contributed by atoms with Gasteiger partial charge in [-0.2, -0.15) is 0 Å². The lowest BCUT2D eigenvalue weighted by molar-refractivity contribution is -0.121. The van der Waals surface area contributed by atoms with Crippen LogP contribution in [0.15, 0.2) is 54.6 Å². The number of amides is 3. The van der Waals surface area contributed by atoms with E-state index in [2.05, 4.69) is 16.0 Å². The zero-order valence-corrected chi connectivity index (χ0v) is 15.6. The number of hydrogen-bond donors (Lipinski definition) is 3. The summed E-state index contributed by atoms with van der Waals surface area (Å²) in [7, 11) is 0. The van der Waals surface area contributed by atoms with Crippen molar-refractivity contribution in [3.05, 3.63) is 65.7 Å². The number of nitrogens with one attached hydrogen (secondary N) is 3. The second kappa shape index (κ2) is 10.1. The van der Waals surface area contributed by atoms with Gasteiger partial charge in [0.2, 0.25) is 11.8 Å². The maximum Gasteiger partial charge on any atom is 0.251 e. The normalized spacial score (nSPS) is 11.3. The Bertz CT molecular complexity index is 790. The van der Waals surface area contributed by atoms with Crippen molar-refractivity contribution in [1.29, 1.82) is 0 Å². The second-order valence-electron chi connectivity index (χ2n) is 6.32. The van der Waals surface area contributed by atoms with Crippen LogP contribution < -0.4 is 16.0 Å². The van der Waals surface area contributed by atoms with Gasteiger partial charge < -0.3 is 16.0 Å². The molecule has 0 spiro atoms. The van der Waals surface area contributed by atoms with Gasteiger partial charge >= 0.3 is 0 Å². The van der Waals surface area contributed by atoms with Gasteiger partial charge in [-0.05, 0) is 43.2 Å². The summed E-state index contributed by atoms with van der Waals surface area (Å²) in [6.45, 7) is 3.78. The second-order valence-corrected chi connectivity index (χ2v) is 6.32. The van der Waals surface area contributed by atoms with E-state index in [4.69, 9.17) is 0 Å². The zero-order chi connectivity index (χ0) is 19.6. The summed E-state index contributed by atoms with van der Waals surface area (Å²) >= 11 is 0. The minimum atomic E-state index is -0.176. The minimum absolute atomic E-state index is 0.0820. The molecule has 6 nitrogen and oxygen atoms in total. The van der Waals surface area contributed by atoms with E-state index in [9.17, 15) is 14.4 Å². The smallest absolute Gasteiger partial charge is 0.251 e. The Morgan fingerprint density at radius 1 is 1.00 bits per heavy atom. The summed E-state index contributed by atoms with van der Waals surface area (Å²) < 4.78 is 0. The van der Waals surface area contributed by atoms with Crippen LogP contribution in [0, 0.1) is 0 Å². The molecule has 0 saturated heterocycles. The van der Waals surface area contributed by atoms with E-state index >= 15 is 0 Å². The van der Waals surface area contributed by atoms with Gasteiger partial charge in [-0.1, -0.05) is 30.3 Å². The van der Waals surface area contributed by atoms with Gasteiger partial charge in [0.05, 0.1) is 6.04 Å². The highest BCUT2D eigenvalue weighted by Crippen LogP contribution is 2.17. The molecule has 0 aliphatic heterocycles. The van der Waals surface area contributed by atoms with E-state index in [1.54, 1.807) is 18.2 Å². The molecule has 0 bridgehead atoms. The first kappa shape index (κ1) is 20.2. The van der Waals surface area contributed by atoms with Crippen LogP contribution in [0.1, 0.15) is 48.7 Å². The minimum Gasteiger partial charge on any atom is -0.352 e. The molecule has 1 unspecified atom stereocenters. The number of hydrogen-bond acceptors (Lipinski definition) is 3. The average molecular weight is 367 g/mol. The Hall–Kier alpha value is -3.15. The summed E-state index contributed by atoms with van der Waals surface area (Å²) in [5, 5.41) is 8.47. The lowest BCUT2D eigenvalue weighted by atomic mass is 10.1. The molecular formula is C21H25N3O3. The lowest BCUT2D eigenvalue weighted by Crippen LogP contribution is -2.29. The first-order chi connectivity index (χ1) is 13.0. The molecular weight excluding hydrogens is 342 g/mol. The van der Waals surface area contributed by atoms with Crippen LogP contribution in [0.3, 0.4) is 0 Å². The van der Waals surface area contributed by atoms with Crippen molar-refractivity contribution in [2.24, 2.45) is 0 Å². The van der Waals surface area contributed by atoms with Crippen LogP contribution >= 0.6 is 0 Å². The maximum atomic E-state index is 12.1. The van der Waals surface area contributed by atoms with Crippen molar-refractivity contribution in [3.63, 3.8) is 0 Å². The summed E-state index contributed by atoms with van der Waals surface area (Å²) in [6, 6.07) is 16.2. The molecule has 0 heterocycles. The molecule has 0 aromatic heterocycles. The van der Waals surface area contributed by atoms with Crippen molar-refractivity contribution in [1.82, 2.24) is 10.6 Å². The predicted octanol–water partition coefficient (Wildman–Crippen LogP) is 3.03. The van der Waals surface area contributed by atoms with Gasteiger partial charge in [-0.25, -0.2) is 0 Å². The van der Waals surface area contributed by atoms with E-state index in [0.29, 0.717) is 30.6 Å². The number of rotatable bonds is 8. The Labute approximate surface area is 159 Å². The molecule has 0 saturated carbocycles. The summed E-state index contributed by atoms with van der Waals surface area (Å²) in [5.74, 6) is -0.359. The fourth-order valence-corrected chi connectivity index (χ4v) is 2.63. The van der Waals surface area contributed by atoms with Crippen LogP contribution in [0.25, 0.3) is 0 Å². The Morgan fingerprint density at radius 2 is 1.74 bits per heavy atom. The molecule has 27 heavy (non-hydrogen) atoms. The van der Waals surface area contributed by atoms with Gasteiger partial charge in [-0.15, -0.1) is 0 Å². The van der Waals surface area contributed by atoms with Crippen molar-refractivity contribution in [2.75, 3.05) is 11.9 Å². The number of carbonyl (C=O) groups excluding carboxylic acids is 3. The third-order valence-corrected chi connectivity index (χ3v) is 3.99. The monoisotopic (exact) mass is 367 g/mol. The van der Waals surface area contributed by atoms with Gasteiger partial charge in [0, 0.05) is 31.1 Å². The van der Waals surface area contributed by atoms with Gasteiger partial charge in [0.15, 0.2) is 0 Å². The van der Waals surface area contributed by atoms with Crippen LogP contribution in [-0.2, 0) is 9.59 Å². The molecule has 3 amide bonds. The molecule has 1 atom stereocenters. The first-order valence-electron chi connectivity index (χ1n) is 8.96. The SMILES string of the molecule is CC(=O)Nc1cccc(C(C)NC(=O)CCCNC(=O)c2ccccc2)c1. The largest absolute Gasteiger partial charge is 0.352 e. The molecule has 142 valence electrons. The number of carbonyl (C=O) groups is 3. The van der Waals surface area contributed by atoms with Crippen molar-refractivity contribution >= 4 is 23.4 Å². The van der Waals surface area contributed by atoms with Gasteiger partial charge in [-0.3, -0.25) is 14.4 Å². The number of benzene rings is 2. The lowest BCUT2D eigenvalue weighted by Gasteiger charge is -2.15. The summed E-state index contributed by atoms with van der Waals surface area (Å²) in [5.41, 5.74) is 2.21. The van der Waals surface area contributed by atoms with E-state index < -0.39 is 0 Å². The van der Waals surface area contributed by atoms with E-state index in [1.807, 2.05) is 43.3 Å². The first-order valence-corrected chi connectivity index (χ1v) is 8.96. The molecule has 0 aliphatic carbocycles. The molecule has 6 heteroatoms. The molecule has 0 aliphatic rings. The highest BCUT2D eigenvalue weighted by molar-refractivity contribution is 5.94. The highest BCUT2D eigenvalue weighted by Gasteiger charge is 2.11. The standard InChI is InChI=1S/C21H25N3O3/c1-15(18-10-6-11-19(14-18)24-16(2)25)23-20(26)12-7-13-22-21(27)17-8-4-3-5-9-17/h3-6,8-11,14-15H,7,12-13H2,1-2H3,(H,22,27)(H,23,26)(H,24,25). The van der Waals surface area contributed by atoms with Crippen molar-refractivity contribution in [3.8, 4) is 0 Å². The Kier molecular flexibility index (Phi) is 7.55. The summed E-state index contributed by atoms with van der Waals surface area (Å²) in [4.78, 5) is 35.2. The van der Waals surface area contributed by atoms with E-state index in [-0.39, 0.29) is 23.8 Å². The molecule has 3 N–H and O–H groups in total. The predicted molar refractivity (Wildman–Crippen MR) is 105 cm³/mol. The Morgan fingerprint density at radius 3 is 2.44 bits per heavy atom. The fraction of sp³-hybridized carbons (Fsp3) is 0.286. The van der Waals surface area contributed by atoms with Crippen LogP contribution in [0.5, 0.6) is 0 Å². The maximum absolute atomic E-state index is 12.1. The molecule has 2 aromatic carbocycles. The molecule has 0 fully saturated rings. The van der Waals surface area contributed by atoms with E-state index in [1.165, 1.54) is 6.92 Å². The number of anilines is 1. The topological polar surface area (TPSA) is 87.3 Å². The molecule has 0 radical (unpaired) electrons. The fourth-order valence-electron chi connectivity index (χ4n) is 2.63. The van der Waals surface area contributed by atoms with Crippen LogP contribution in [0.2, 0.25) is 0 Å². The van der Waals surface area contributed by atoms with Gasteiger partial charge in [0.1, 0.15) is 0 Å². The molecule has 2 rings (SSSR count). The third kappa shape index (κ3) is 6.93. The molecule has 2 aromatic rings. The highest BCUT2D eigenvalue weighted by atomic mass is 16.2. The van der Waals surface area contributed by atoms with Gasteiger partial charge in [0.25, 0.3) is 5.91 Å². The van der Waals surface area contributed by atoms with E-state index in [0.717, 1.165) is 5.56 Å². The Balaban J connectivity index is 1.73. The average Bonchev–Trinajstić information content (AvgIpc) is 2.65. The van der Waals surface area contributed by atoms with Crippen LogP contribution in [-0.4, -0.2) is 24.3 Å². The zero-order valence-electron chi connectivity index (χ0n) is 15.6. The van der Waals surface area contributed by atoms with Crippen LogP contribution in [0.4, 0.5) is 5.69 Å². The van der Waals surface area contributed by atoms with Crippen molar-refractivity contribution < 1.29 is 14.4 Å². The van der Waals surface area contributed by atoms with Crippen molar-refractivity contribution in [2.45, 2.75) is 32.7 Å². The summed E-state index contributed by atoms with van der Waals surface area (Å²) in [6.07, 6.45) is 0.883.